The normalized spacial score (nSPS) is 12.2. The van der Waals surface area contributed by atoms with E-state index in [-0.39, 0.29) is 22.0 Å². The van der Waals surface area contributed by atoms with E-state index in [4.69, 9.17) is 0 Å². The molecule has 0 N–H and O–H groups in total. The maximum Gasteiger partial charge on any atom is 0.0721 e. The SMILES string of the molecule is CCCCC(C)(C)Cc1ccc(C(=O)[O-])c(CC(C)(C)CCCC)c1C(=O)[O-]. The standard InChI is InChI=1S/C24H38O4/c1-7-9-13-23(3,4)15-17-11-12-18(21(25)26)19(20(17)22(27)28)16-24(5,6)14-10-8-2/h11-12H,7-10,13-16H2,1-6H3,(H,25,26)(H,27,28)/p-2. The summed E-state index contributed by atoms with van der Waals surface area (Å²) in [4.78, 5) is 23.8. The maximum absolute atomic E-state index is 12.1. The first-order valence-corrected chi connectivity index (χ1v) is 10.5. The van der Waals surface area contributed by atoms with E-state index < -0.39 is 11.9 Å². The van der Waals surface area contributed by atoms with Gasteiger partial charge in [0.1, 0.15) is 0 Å². The van der Waals surface area contributed by atoms with Crippen LogP contribution in [0.3, 0.4) is 0 Å². The summed E-state index contributed by atoms with van der Waals surface area (Å²) in [6.07, 6.45) is 7.03. The summed E-state index contributed by atoms with van der Waals surface area (Å²) in [5.41, 5.74) is 0.755. The number of aromatic carboxylic acids is 2. The lowest BCUT2D eigenvalue weighted by Crippen LogP contribution is -2.32. The number of carbonyl (C=O) groups is 2. The Morgan fingerprint density at radius 3 is 1.75 bits per heavy atom. The summed E-state index contributed by atoms with van der Waals surface area (Å²) in [6.45, 7) is 12.6. The minimum Gasteiger partial charge on any atom is -0.545 e. The first-order valence-electron chi connectivity index (χ1n) is 10.5. The van der Waals surface area contributed by atoms with Crippen LogP contribution in [0.15, 0.2) is 12.1 Å². The number of carbonyl (C=O) groups excluding carboxylic acids is 2. The van der Waals surface area contributed by atoms with Crippen LogP contribution in [-0.4, -0.2) is 11.9 Å². The second-order valence-electron chi connectivity index (χ2n) is 9.59. The molecule has 0 aliphatic rings. The second kappa shape index (κ2) is 10.1. The van der Waals surface area contributed by atoms with E-state index in [1.165, 1.54) is 6.07 Å². The van der Waals surface area contributed by atoms with Crippen molar-refractivity contribution in [2.75, 3.05) is 0 Å². The third-order valence-electron chi connectivity index (χ3n) is 5.56. The predicted octanol–water partition coefficient (Wildman–Crippen LogP) is 3.93. The molecule has 0 unspecified atom stereocenters. The minimum absolute atomic E-state index is 0.0288. The van der Waals surface area contributed by atoms with Crippen molar-refractivity contribution in [3.8, 4) is 0 Å². The van der Waals surface area contributed by atoms with Crippen molar-refractivity contribution in [2.24, 2.45) is 10.8 Å². The van der Waals surface area contributed by atoms with Crippen LogP contribution in [0, 0.1) is 10.8 Å². The highest BCUT2D eigenvalue weighted by Gasteiger charge is 2.26. The van der Waals surface area contributed by atoms with E-state index in [1.807, 2.05) is 0 Å². The molecule has 0 fully saturated rings. The van der Waals surface area contributed by atoms with Crippen LogP contribution in [0.4, 0.5) is 0 Å². The zero-order valence-electron chi connectivity index (χ0n) is 18.4. The molecule has 4 nitrogen and oxygen atoms in total. The topological polar surface area (TPSA) is 80.3 Å². The summed E-state index contributed by atoms with van der Waals surface area (Å²) in [5.74, 6) is -2.63. The number of benzene rings is 1. The van der Waals surface area contributed by atoms with Gasteiger partial charge in [-0.25, -0.2) is 0 Å². The quantitative estimate of drug-likeness (QED) is 0.543. The Kier molecular flexibility index (Phi) is 8.72. The van der Waals surface area contributed by atoms with Gasteiger partial charge in [-0.3, -0.25) is 0 Å². The van der Waals surface area contributed by atoms with Crippen LogP contribution >= 0.6 is 0 Å². The van der Waals surface area contributed by atoms with Gasteiger partial charge in [0.2, 0.25) is 0 Å². The third-order valence-corrected chi connectivity index (χ3v) is 5.56. The van der Waals surface area contributed by atoms with Crippen LogP contribution in [0.2, 0.25) is 0 Å². The molecule has 0 atom stereocenters. The molecule has 0 bridgehead atoms. The zero-order chi connectivity index (χ0) is 21.5. The number of rotatable bonds is 12. The van der Waals surface area contributed by atoms with E-state index >= 15 is 0 Å². The van der Waals surface area contributed by atoms with Gasteiger partial charge in [-0.2, -0.15) is 0 Å². The van der Waals surface area contributed by atoms with Gasteiger partial charge in [-0.1, -0.05) is 79.4 Å². The molecule has 0 saturated carbocycles. The molecule has 0 aliphatic heterocycles. The van der Waals surface area contributed by atoms with Gasteiger partial charge in [0.15, 0.2) is 0 Å². The van der Waals surface area contributed by atoms with Crippen molar-refractivity contribution in [1.29, 1.82) is 0 Å². The molecule has 0 spiro atoms. The Labute approximate surface area is 170 Å². The molecule has 1 rings (SSSR count). The predicted molar refractivity (Wildman–Crippen MR) is 109 cm³/mol. The summed E-state index contributed by atoms with van der Waals surface area (Å²) in [6, 6.07) is 3.14. The average Bonchev–Trinajstić information content (AvgIpc) is 2.57. The van der Waals surface area contributed by atoms with E-state index in [0.29, 0.717) is 24.0 Å². The summed E-state index contributed by atoms with van der Waals surface area (Å²) < 4.78 is 0. The van der Waals surface area contributed by atoms with Crippen LogP contribution in [0.5, 0.6) is 0 Å². The van der Waals surface area contributed by atoms with Crippen LogP contribution < -0.4 is 10.2 Å². The molecule has 0 saturated heterocycles. The molecule has 0 heterocycles. The van der Waals surface area contributed by atoms with Gasteiger partial charge in [0.25, 0.3) is 0 Å². The molecule has 1 aromatic rings. The Morgan fingerprint density at radius 2 is 1.32 bits per heavy atom. The number of carboxylic acids is 2. The zero-order valence-corrected chi connectivity index (χ0v) is 18.4. The molecular formula is C24H36O4-2. The molecule has 0 radical (unpaired) electrons. The Hall–Kier alpha value is -1.84. The largest absolute Gasteiger partial charge is 0.545 e. The summed E-state index contributed by atoms with van der Waals surface area (Å²) in [5, 5.41) is 23.8. The maximum atomic E-state index is 12.1. The lowest BCUT2D eigenvalue weighted by Gasteiger charge is -2.31. The van der Waals surface area contributed by atoms with Crippen LogP contribution in [0.25, 0.3) is 0 Å². The molecule has 0 aromatic heterocycles. The van der Waals surface area contributed by atoms with E-state index in [9.17, 15) is 19.8 Å². The van der Waals surface area contributed by atoms with Gasteiger partial charge in [-0.15, -0.1) is 0 Å². The molecule has 28 heavy (non-hydrogen) atoms. The molecule has 158 valence electrons. The minimum atomic E-state index is -1.33. The highest BCUT2D eigenvalue weighted by atomic mass is 16.4. The van der Waals surface area contributed by atoms with Gasteiger partial charge in [-0.05, 0) is 47.6 Å². The van der Waals surface area contributed by atoms with E-state index in [2.05, 4.69) is 41.5 Å². The first kappa shape index (κ1) is 24.2. The number of carboxylic acid groups (broad SMARTS) is 2. The van der Waals surface area contributed by atoms with Crippen LogP contribution in [0.1, 0.15) is 112 Å². The fourth-order valence-electron chi connectivity index (χ4n) is 3.95. The monoisotopic (exact) mass is 388 g/mol. The highest BCUT2D eigenvalue weighted by Crippen LogP contribution is 2.35. The summed E-state index contributed by atoms with van der Waals surface area (Å²) >= 11 is 0. The summed E-state index contributed by atoms with van der Waals surface area (Å²) in [7, 11) is 0. The second-order valence-corrected chi connectivity index (χ2v) is 9.59. The Morgan fingerprint density at radius 1 is 0.821 bits per heavy atom. The van der Waals surface area contributed by atoms with Gasteiger partial charge in [0, 0.05) is 11.1 Å². The first-order chi connectivity index (χ1) is 12.9. The Balaban J connectivity index is 3.45. The van der Waals surface area contributed by atoms with Crippen molar-refractivity contribution >= 4 is 11.9 Å². The highest BCUT2D eigenvalue weighted by molar-refractivity contribution is 5.96. The number of unbranched alkanes of at least 4 members (excludes halogenated alkanes) is 2. The molecule has 0 amide bonds. The van der Waals surface area contributed by atoms with Crippen molar-refractivity contribution in [3.63, 3.8) is 0 Å². The van der Waals surface area contributed by atoms with Crippen molar-refractivity contribution < 1.29 is 19.8 Å². The molecule has 4 heteroatoms. The van der Waals surface area contributed by atoms with Gasteiger partial charge in [0.05, 0.1) is 11.9 Å². The third kappa shape index (κ3) is 6.96. The van der Waals surface area contributed by atoms with Crippen molar-refractivity contribution in [2.45, 2.75) is 92.9 Å². The number of hydrogen-bond donors (Lipinski definition) is 0. The fraction of sp³-hybridized carbons (Fsp3) is 0.667. The lowest BCUT2D eigenvalue weighted by molar-refractivity contribution is -0.255. The molecule has 0 aliphatic carbocycles. The fourth-order valence-corrected chi connectivity index (χ4v) is 3.95. The average molecular weight is 389 g/mol. The van der Waals surface area contributed by atoms with Crippen molar-refractivity contribution in [1.82, 2.24) is 0 Å². The molecule has 1 aromatic carbocycles. The van der Waals surface area contributed by atoms with E-state index in [1.54, 1.807) is 6.07 Å². The number of hydrogen-bond acceptors (Lipinski definition) is 4. The Bertz CT molecular complexity index is 686. The molecular weight excluding hydrogens is 352 g/mol. The smallest absolute Gasteiger partial charge is 0.0721 e. The van der Waals surface area contributed by atoms with E-state index in [0.717, 1.165) is 38.5 Å². The van der Waals surface area contributed by atoms with Gasteiger partial charge < -0.3 is 19.8 Å². The van der Waals surface area contributed by atoms with Crippen LogP contribution in [-0.2, 0) is 12.8 Å². The lowest BCUT2D eigenvalue weighted by atomic mass is 9.75. The van der Waals surface area contributed by atoms with Crippen molar-refractivity contribution in [3.05, 3.63) is 34.4 Å². The van der Waals surface area contributed by atoms with Gasteiger partial charge >= 0.3 is 0 Å².